The highest BCUT2D eigenvalue weighted by Crippen LogP contribution is 2.46. The third kappa shape index (κ3) is 3.58. The van der Waals surface area contributed by atoms with Gasteiger partial charge in [-0.15, -0.1) is 10.2 Å². The van der Waals surface area contributed by atoms with Crippen LogP contribution >= 0.6 is 0 Å². The first-order valence-corrected chi connectivity index (χ1v) is 11.2. The number of rotatable bonds is 5. The van der Waals surface area contributed by atoms with Crippen LogP contribution in [0.5, 0.6) is 17.5 Å². The minimum Gasteiger partial charge on any atom is -0.507 e. The average Bonchev–Trinajstić information content (AvgIpc) is 3.02. The number of fused-ring (bicyclic) bond motifs is 2. The number of piperidine rings is 1. The van der Waals surface area contributed by atoms with E-state index >= 15 is 4.39 Å². The molecule has 2 aromatic heterocycles. The molecule has 5 rings (SSSR count). The van der Waals surface area contributed by atoms with Gasteiger partial charge in [-0.25, -0.2) is 9.37 Å². The molecule has 4 atom stereocenters. The molecule has 2 bridgehead atoms. The zero-order chi connectivity index (χ0) is 24.1. The summed E-state index contributed by atoms with van der Waals surface area (Å²) in [6.45, 7) is 3.97. The lowest BCUT2D eigenvalue weighted by Gasteiger charge is -2.50. The Morgan fingerprint density at radius 3 is 2.53 bits per heavy atom. The van der Waals surface area contributed by atoms with E-state index in [1.165, 1.54) is 0 Å². The lowest BCUT2D eigenvalue weighted by Crippen LogP contribution is -2.64. The zero-order valence-electron chi connectivity index (χ0n) is 19.6. The van der Waals surface area contributed by atoms with Crippen LogP contribution in [0.15, 0.2) is 60.8 Å². The summed E-state index contributed by atoms with van der Waals surface area (Å²) in [6, 6.07) is 12.3. The summed E-state index contributed by atoms with van der Waals surface area (Å²) < 4.78 is 26.5. The summed E-state index contributed by atoms with van der Waals surface area (Å²) in [5.41, 5.74) is 1.74. The largest absolute Gasteiger partial charge is 0.507 e. The normalized spacial score (nSPS) is 28.1. The summed E-state index contributed by atoms with van der Waals surface area (Å²) in [5.74, 6) is 0.820. The fourth-order valence-corrected chi connectivity index (χ4v) is 4.90. The maximum atomic E-state index is 15.3. The van der Waals surface area contributed by atoms with Crippen LogP contribution in [0.4, 0.5) is 4.39 Å². The molecule has 1 fully saturated rings. The van der Waals surface area contributed by atoms with Crippen LogP contribution in [0, 0.1) is 0 Å². The molecule has 1 saturated heterocycles. The summed E-state index contributed by atoms with van der Waals surface area (Å²) in [4.78, 5) is 6.17. The number of aromatic hydroxyl groups is 1. The number of alkyl halides is 1. The molecule has 1 N–H and O–H groups in total. The van der Waals surface area contributed by atoms with Crippen molar-refractivity contribution in [2.75, 3.05) is 14.2 Å². The van der Waals surface area contributed by atoms with Crippen molar-refractivity contribution in [3.05, 3.63) is 60.8 Å². The number of benzene rings is 1. The number of methoxy groups -OCH3 is 1. The van der Waals surface area contributed by atoms with Gasteiger partial charge in [-0.05, 0) is 56.3 Å². The molecular formula is C26H27FN4O3. The number of aromatic nitrogens is 3. The van der Waals surface area contributed by atoms with Crippen molar-refractivity contribution in [2.24, 2.45) is 0 Å². The first kappa shape index (κ1) is 22.3. The Balaban J connectivity index is 1.34. The molecular weight excluding hydrogens is 435 g/mol. The molecule has 0 unspecified atom stereocenters. The first-order valence-electron chi connectivity index (χ1n) is 11.2. The zero-order valence-corrected chi connectivity index (χ0v) is 19.6. The predicted molar refractivity (Wildman–Crippen MR) is 127 cm³/mol. The predicted octanol–water partition coefficient (Wildman–Crippen LogP) is 4.43. The van der Waals surface area contributed by atoms with E-state index in [9.17, 15) is 5.11 Å². The number of hydrogen-bond acceptors (Lipinski definition) is 7. The first-order chi connectivity index (χ1) is 16.2. The smallest absolute Gasteiger partial charge is 0.233 e. The van der Waals surface area contributed by atoms with Gasteiger partial charge in [-0.2, -0.15) is 0 Å². The second kappa shape index (κ2) is 8.06. The quantitative estimate of drug-likeness (QED) is 0.562. The maximum absolute atomic E-state index is 15.3. The molecule has 4 heterocycles. The molecule has 0 spiro atoms. The van der Waals surface area contributed by atoms with Crippen LogP contribution in [0.3, 0.4) is 0 Å². The summed E-state index contributed by atoms with van der Waals surface area (Å²) in [6.07, 6.45) is 4.33. The molecule has 34 heavy (non-hydrogen) atoms. The number of halogens is 1. The van der Waals surface area contributed by atoms with Crippen molar-refractivity contribution >= 4 is 0 Å². The Morgan fingerprint density at radius 1 is 1.03 bits per heavy atom. The highest BCUT2D eigenvalue weighted by atomic mass is 19.1. The van der Waals surface area contributed by atoms with E-state index in [0.29, 0.717) is 23.6 Å². The number of nitrogens with zero attached hydrogens (tertiary/aromatic N) is 4. The summed E-state index contributed by atoms with van der Waals surface area (Å²) in [7, 11) is 3.50. The van der Waals surface area contributed by atoms with E-state index in [0.717, 1.165) is 11.1 Å². The van der Waals surface area contributed by atoms with Crippen LogP contribution in [-0.2, 0) is 0 Å². The van der Waals surface area contributed by atoms with Crippen molar-refractivity contribution in [1.29, 1.82) is 0 Å². The van der Waals surface area contributed by atoms with Gasteiger partial charge in [-0.3, -0.25) is 4.90 Å². The van der Waals surface area contributed by atoms with Gasteiger partial charge in [0.2, 0.25) is 11.8 Å². The van der Waals surface area contributed by atoms with Crippen LogP contribution in [-0.4, -0.2) is 62.7 Å². The Morgan fingerprint density at radius 2 is 1.82 bits per heavy atom. The van der Waals surface area contributed by atoms with Gasteiger partial charge in [0.15, 0.2) is 6.17 Å². The fraction of sp³-hybridized carbons (Fsp3) is 0.346. The van der Waals surface area contributed by atoms with Crippen molar-refractivity contribution < 1.29 is 19.0 Å². The highest BCUT2D eigenvalue weighted by molar-refractivity contribution is 5.74. The van der Waals surface area contributed by atoms with E-state index < -0.39 is 17.8 Å². The Kier molecular flexibility index (Phi) is 5.28. The van der Waals surface area contributed by atoms with E-state index in [4.69, 9.17) is 9.47 Å². The molecule has 0 saturated carbocycles. The molecule has 0 aliphatic carbocycles. The van der Waals surface area contributed by atoms with Crippen LogP contribution in [0.25, 0.3) is 22.4 Å². The third-order valence-corrected chi connectivity index (χ3v) is 7.23. The van der Waals surface area contributed by atoms with Crippen LogP contribution in [0.2, 0.25) is 0 Å². The second-order valence-electron chi connectivity index (χ2n) is 9.31. The van der Waals surface area contributed by atoms with Crippen LogP contribution < -0.4 is 9.47 Å². The number of hydrogen-bond donors (Lipinski definition) is 1. The lowest BCUT2D eigenvalue weighted by atomic mass is 9.81. The van der Waals surface area contributed by atoms with Gasteiger partial charge in [0, 0.05) is 35.9 Å². The molecule has 1 aromatic carbocycles. The van der Waals surface area contributed by atoms with Gasteiger partial charge >= 0.3 is 0 Å². The molecule has 3 aromatic rings. The molecule has 2 aliphatic rings. The average molecular weight is 463 g/mol. The SMILES string of the molecule is COc1cc(-c2ccc(-c3ccc(O[C@@H]4C[C@@]5(C)C=C[C@@](C)([C@@H]4F)N5C)nn3)c(O)c2)ccn1. The Labute approximate surface area is 197 Å². The molecule has 0 radical (unpaired) electrons. The molecule has 8 heteroatoms. The van der Waals surface area contributed by atoms with Gasteiger partial charge < -0.3 is 14.6 Å². The summed E-state index contributed by atoms with van der Waals surface area (Å²) in [5, 5.41) is 19.0. The number of likely N-dealkylation sites (N-methyl/N-ethyl adjacent to an activating group) is 1. The van der Waals surface area contributed by atoms with E-state index in [1.807, 2.05) is 32.2 Å². The third-order valence-electron chi connectivity index (χ3n) is 7.23. The number of ether oxygens (including phenoxy) is 2. The molecule has 0 amide bonds. The maximum Gasteiger partial charge on any atom is 0.233 e. The number of phenolic OH excluding ortho intramolecular Hbond substituents is 1. The number of pyridine rings is 1. The van der Waals surface area contributed by atoms with Crippen molar-refractivity contribution in [1.82, 2.24) is 20.1 Å². The second-order valence-corrected chi connectivity index (χ2v) is 9.31. The Hall–Kier alpha value is -3.52. The minimum atomic E-state index is -1.20. The highest BCUT2D eigenvalue weighted by Gasteiger charge is 2.57. The molecule has 176 valence electrons. The van der Waals surface area contributed by atoms with Gasteiger partial charge in [0.25, 0.3) is 0 Å². The standard InChI is InChI=1S/C26H27FN4O3/c1-25-10-11-26(2,31(25)3)24(27)21(15-25)34-22-8-7-19(29-30-22)18-6-5-16(13-20(18)32)17-9-12-28-23(14-17)33-4/h5-14,21,24,32H,15H2,1-4H3/t21-,24-,25-,26+/m1/s1. The van der Waals surface area contributed by atoms with Gasteiger partial charge in [0.05, 0.1) is 18.3 Å². The van der Waals surface area contributed by atoms with Crippen molar-refractivity contribution in [2.45, 2.75) is 43.6 Å². The Bertz CT molecular complexity index is 1250. The van der Waals surface area contributed by atoms with E-state index in [2.05, 4.69) is 33.1 Å². The number of phenols is 1. The lowest BCUT2D eigenvalue weighted by molar-refractivity contribution is -0.0779. The van der Waals surface area contributed by atoms with Gasteiger partial charge in [-0.1, -0.05) is 18.2 Å². The van der Waals surface area contributed by atoms with Gasteiger partial charge in [0.1, 0.15) is 11.9 Å². The van der Waals surface area contributed by atoms with Crippen molar-refractivity contribution in [3.8, 4) is 39.9 Å². The monoisotopic (exact) mass is 462 g/mol. The van der Waals surface area contributed by atoms with Crippen molar-refractivity contribution in [3.63, 3.8) is 0 Å². The summed E-state index contributed by atoms with van der Waals surface area (Å²) >= 11 is 0. The van der Waals surface area contributed by atoms with Crippen LogP contribution in [0.1, 0.15) is 20.3 Å². The topological polar surface area (TPSA) is 80.6 Å². The molecule has 2 aliphatic heterocycles. The fourth-order valence-electron chi connectivity index (χ4n) is 4.90. The van der Waals surface area contributed by atoms with E-state index in [-0.39, 0.29) is 17.2 Å². The van der Waals surface area contributed by atoms with E-state index in [1.54, 1.807) is 43.6 Å². The molecule has 7 nitrogen and oxygen atoms in total. The minimum absolute atomic E-state index is 0.0684.